The second-order valence-electron chi connectivity index (χ2n) is 5.27. The summed E-state index contributed by atoms with van der Waals surface area (Å²) in [4.78, 5) is 11.6. The third kappa shape index (κ3) is 3.69. The van der Waals surface area contributed by atoms with Crippen molar-refractivity contribution < 1.29 is 4.79 Å². The molecule has 18 heavy (non-hydrogen) atoms. The average molecular weight is 244 g/mol. The number of amides is 1. The molecule has 0 bridgehead atoms. The maximum Gasteiger partial charge on any atom is 0.243 e. The summed E-state index contributed by atoms with van der Waals surface area (Å²) in [5, 5.41) is 4.31. The fourth-order valence-electron chi connectivity index (χ4n) is 1.80. The number of hydrogen-bond acceptors (Lipinski definition) is 2. The van der Waals surface area contributed by atoms with E-state index in [1.165, 1.54) is 0 Å². The monoisotopic (exact) mass is 244 g/mol. The lowest BCUT2D eigenvalue weighted by molar-refractivity contribution is -0.122. The quantitative estimate of drug-likeness (QED) is 0.628. The van der Waals surface area contributed by atoms with Gasteiger partial charge in [0.15, 0.2) is 0 Å². The first-order chi connectivity index (χ1) is 8.66. The Morgan fingerprint density at radius 1 is 1.33 bits per heavy atom. The highest BCUT2D eigenvalue weighted by Gasteiger charge is 2.29. The summed E-state index contributed by atoms with van der Waals surface area (Å²) in [5.74, 6) is 0.777. The van der Waals surface area contributed by atoms with Crippen LogP contribution in [0.3, 0.4) is 0 Å². The fourth-order valence-corrected chi connectivity index (χ4v) is 1.80. The Kier molecular flexibility index (Phi) is 4.13. The van der Waals surface area contributed by atoms with Crippen molar-refractivity contribution in [2.75, 3.05) is 0 Å². The van der Waals surface area contributed by atoms with Gasteiger partial charge >= 0.3 is 0 Å². The molecule has 1 aromatic rings. The van der Waals surface area contributed by atoms with Crippen LogP contribution in [-0.2, 0) is 4.79 Å². The van der Waals surface area contributed by atoms with E-state index in [0.717, 1.165) is 30.5 Å². The Bertz CT molecular complexity index is 433. The van der Waals surface area contributed by atoms with Crippen LogP contribution in [0, 0.1) is 11.8 Å². The molecule has 1 aliphatic carbocycles. The molecule has 1 aromatic carbocycles. The van der Waals surface area contributed by atoms with Crippen LogP contribution in [0.15, 0.2) is 35.4 Å². The summed E-state index contributed by atoms with van der Waals surface area (Å²) in [7, 11) is 0. The number of nitrogens with one attached hydrogen (secondary N) is 1. The molecule has 0 unspecified atom stereocenters. The van der Waals surface area contributed by atoms with E-state index >= 15 is 0 Å². The lowest BCUT2D eigenvalue weighted by Gasteiger charge is -2.09. The molecule has 0 atom stereocenters. The van der Waals surface area contributed by atoms with Gasteiger partial charge in [0.25, 0.3) is 0 Å². The highest BCUT2D eigenvalue weighted by molar-refractivity contribution is 6.01. The highest BCUT2D eigenvalue weighted by atomic mass is 16.2. The smallest absolute Gasteiger partial charge is 0.243 e. The van der Waals surface area contributed by atoms with Crippen LogP contribution in [0.2, 0.25) is 0 Å². The highest BCUT2D eigenvalue weighted by Crippen LogP contribution is 2.28. The molecule has 2 rings (SSSR count). The van der Waals surface area contributed by atoms with Crippen LogP contribution >= 0.6 is 0 Å². The van der Waals surface area contributed by atoms with Crippen LogP contribution in [0.5, 0.6) is 0 Å². The van der Waals surface area contributed by atoms with Crippen LogP contribution in [-0.4, -0.2) is 11.6 Å². The molecule has 0 radical (unpaired) electrons. The molecule has 1 saturated carbocycles. The molecule has 1 N–H and O–H groups in total. The maximum atomic E-state index is 11.6. The van der Waals surface area contributed by atoms with Crippen molar-refractivity contribution in [1.82, 2.24) is 5.43 Å². The number of nitrogens with zero attached hydrogens (tertiary/aromatic N) is 1. The molecule has 0 heterocycles. The predicted molar refractivity (Wildman–Crippen MR) is 73.3 cm³/mol. The third-order valence-electron chi connectivity index (χ3n) is 2.96. The van der Waals surface area contributed by atoms with Gasteiger partial charge in [-0.05, 0) is 30.7 Å². The molecule has 0 aromatic heterocycles. The number of carbonyl (C=O) groups is 1. The summed E-state index contributed by atoms with van der Waals surface area (Å²) in [6.07, 6.45) is 2.88. The van der Waals surface area contributed by atoms with Gasteiger partial charge in [0.2, 0.25) is 5.91 Å². The van der Waals surface area contributed by atoms with Gasteiger partial charge in [0.1, 0.15) is 0 Å². The zero-order valence-corrected chi connectivity index (χ0v) is 11.0. The molecule has 96 valence electrons. The summed E-state index contributed by atoms with van der Waals surface area (Å²) >= 11 is 0. The third-order valence-corrected chi connectivity index (χ3v) is 2.96. The zero-order valence-electron chi connectivity index (χ0n) is 11.0. The molecule has 3 nitrogen and oxygen atoms in total. The van der Waals surface area contributed by atoms with Crippen LogP contribution in [0.25, 0.3) is 0 Å². The van der Waals surface area contributed by atoms with Gasteiger partial charge < -0.3 is 0 Å². The number of benzene rings is 1. The van der Waals surface area contributed by atoms with Crippen molar-refractivity contribution in [1.29, 1.82) is 0 Å². The van der Waals surface area contributed by atoms with Crippen molar-refractivity contribution in [3.05, 3.63) is 35.9 Å². The Morgan fingerprint density at radius 3 is 2.56 bits per heavy atom. The van der Waals surface area contributed by atoms with E-state index in [1.54, 1.807) is 0 Å². The minimum Gasteiger partial charge on any atom is -0.273 e. The van der Waals surface area contributed by atoms with E-state index in [-0.39, 0.29) is 11.8 Å². The number of rotatable bonds is 5. The van der Waals surface area contributed by atoms with E-state index < -0.39 is 0 Å². The van der Waals surface area contributed by atoms with Gasteiger partial charge in [0, 0.05) is 5.92 Å². The molecule has 1 fully saturated rings. The number of carbonyl (C=O) groups excluding carboxylic acids is 1. The predicted octanol–water partition coefficient (Wildman–Crippen LogP) is 2.96. The van der Waals surface area contributed by atoms with Crippen molar-refractivity contribution in [3.63, 3.8) is 0 Å². The second-order valence-corrected chi connectivity index (χ2v) is 5.27. The van der Waals surface area contributed by atoms with E-state index in [1.807, 2.05) is 30.3 Å². The standard InChI is InChI=1S/C15H20N2O/c1-11(2)10-14(12-6-4-3-5-7-12)16-17-15(18)13-8-9-13/h3-7,11,13H,8-10H2,1-2H3,(H,17,18)/b16-14+. The maximum absolute atomic E-state index is 11.6. The molecular formula is C15H20N2O. The first-order valence-electron chi connectivity index (χ1n) is 6.58. The Hall–Kier alpha value is -1.64. The first kappa shape index (κ1) is 12.8. The minimum atomic E-state index is 0.0622. The van der Waals surface area contributed by atoms with Crippen LogP contribution in [0.1, 0.15) is 38.7 Å². The van der Waals surface area contributed by atoms with Crippen LogP contribution in [0.4, 0.5) is 0 Å². The molecule has 1 aliphatic rings. The van der Waals surface area contributed by atoms with Gasteiger partial charge in [-0.1, -0.05) is 44.2 Å². The van der Waals surface area contributed by atoms with Gasteiger partial charge in [-0.3, -0.25) is 4.79 Å². The normalized spacial score (nSPS) is 15.8. The van der Waals surface area contributed by atoms with E-state index in [9.17, 15) is 4.79 Å². The zero-order chi connectivity index (χ0) is 13.0. The summed E-state index contributed by atoms with van der Waals surface area (Å²) < 4.78 is 0. The molecular weight excluding hydrogens is 224 g/mol. The SMILES string of the molecule is CC(C)C/C(=N\NC(=O)C1CC1)c1ccccc1. The van der Waals surface area contributed by atoms with E-state index in [2.05, 4.69) is 24.4 Å². The topological polar surface area (TPSA) is 41.5 Å². The molecule has 1 amide bonds. The molecule has 0 spiro atoms. The Balaban J connectivity index is 2.08. The lowest BCUT2D eigenvalue weighted by atomic mass is 10.0. The van der Waals surface area contributed by atoms with Crippen molar-refractivity contribution in [2.45, 2.75) is 33.1 Å². The molecule has 3 heteroatoms. The summed E-state index contributed by atoms with van der Waals surface area (Å²) in [5.41, 5.74) is 4.74. The van der Waals surface area contributed by atoms with Gasteiger partial charge in [0.05, 0.1) is 5.71 Å². The number of hydrogen-bond donors (Lipinski definition) is 1. The van der Waals surface area contributed by atoms with Crippen molar-refractivity contribution >= 4 is 11.6 Å². The van der Waals surface area contributed by atoms with Gasteiger partial charge in [-0.2, -0.15) is 5.10 Å². The Morgan fingerprint density at radius 2 is 2.00 bits per heavy atom. The van der Waals surface area contributed by atoms with Crippen molar-refractivity contribution in [2.24, 2.45) is 16.9 Å². The minimum absolute atomic E-state index is 0.0622. The summed E-state index contributed by atoms with van der Waals surface area (Å²) in [6, 6.07) is 10.0. The summed E-state index contributed by atoms with van der Waals surface area (Å²) in [6.45, 7) is 4.31. The Labute approximate surface area is 108 Å². The van der Waals surface area contributed by atoms with Gasteiger partial charge in [-0.25, -0.2) is 5.43 Å². The average Bonchev–Trinajstić information content (AvgIpc) is 3.19. The van der Waals surface area contributed by atoms with Crippen molar-refractivity contribution in [3.8, 4) is 0 Å². The number of hydrazone groups is 1. The second kappa shape index (κ2) is 5.80. The van der Waals surface area contributed by atoms with Gasteiger partial charge in [-0.15, -0.1) is 0 Å². The first-order valence-corrected chi connectivity index (χ1v) is 6.58. The molecule has 0 saturated heterocycles. The van der Waals surface area contributed by atoms with E-state index in [4.69, 9.17) is 0 Å². The van der Waals surface area contributed by atoms with E-state index in [0.29, 0.717) is 5.92 Å². The lowest BCUT2D eigenvalue weighted by Crippen LogP contribution is -2.22. The fraction of sp³-hybridized carbons (Fsp3) is 0.467. The van der Waals surface area contributed by atoms with Crippen LogP contribution < -0.4 is 5.43 Å². The molecule has 0 aliphatic heterocycles. The largest absolute Gasteiger partial charge is 0.273 e.